The van der Waals surface area contributed by atoms with Crippen molar-refractivity contribution in [2.45, 2.75) is 122 Å². The molecule has 0 saturated carbocycles. The third-order valence-corrected chi connectivity index (χ3v) is 15.5. The van der Waals surface area contributed by atoms with E-state index in [2.05, 4.69) is 83.5 Å². The van der Waals surface area contributed by atoms with Crippen molar-refractivity contribution < 1.29 is 42.4 Å². The maximum Gasteiger partial charge on any atom is 0.303 e. The van der Waals surface area contributed by atoms with Gasteiger partial charge >= 0.3 is 5.97 Å². The molecule has 2 atom stereocenters. The molecule has 0 bridgehead atoms. The number of carboxylic acids is 1. The number of ether oxygens (including phenoxy) is 4. The summed E-state index contributed by atoms with van der Waals surface area (Å²) in [5.74, 6) is -0.824. The van der Waals surface area contributed by atoms with Crippen LogP contribution in [0.4, 0.5) is 0 Å². The van der Waals surface area contributed by atoms with E-state index in [1.54, 1.807) is 38.1 Å². The first-order valence-corrected chi connectivity index (χ1v) is 29.2. The second kappa shape index (κ2) is 19.8. The molecule has 0 saturated heterocycles. The van der Waals surface area contributed by atoms with Gasteiger partial charge in [0.15, 0.2) is 0 Å². The fourth-order valence-electron chi connectivity index (χ4n) is 6.94. The van der Waals surface area contributed by atoms with Crippen LogP contribution in [0.15, 0.2) is 54.6 Å². The van der Waals surface area contributed by atoms with E-state index in [1.807, 2.05) is 0 Å². The first-order valence-electron chi connectivity index (χ1n) is 20.2. The second-order valence-corrected chi connectivity index (χ2v) is 31.9. The van der Waals surface area contributed by atoms with Crippen LogP contribution in [0.2, 0.25) is 51.4 Å². The highest BCUT2D eigenvalue weighted by Crippen LogP contribution is 2.42. The minimum atomic E-state index is -3.96. The summed E-state index contributed by atoms with van der Waals surface area (Å²) in [5, 5.41) is 19.9. The Bertz CT molecular complexity index is 1850. The molecule has 0 fully saturated rings. The van der Waals surface area contributed by atoms with Gasteiger partial charge in [0, 0.05) is 41.7 Å². The molecule has 0 aliphatic heterocycles. The highest BCUT2D eigenvalue weighted by molar-refractivity contribution is 7.89. The van der Waals surface area contributed by atoms with Crippen LogP contribution in [-0.2, 0) is 30.7 Å². The lowest BCUT2D eigenvalue weighted by atomic mass is 9.90. The number of rotatable bonds is 23. The van der Waals surface area contributed by atoms with E-state index in [0.717, 1.165) is 47.4 Å². The number of hydrogen-bond acceptors (Lipinski definition) is 8. The fraction of sp³-hybridized carbons (Fsp3) is 0.568. The van der Waals surface area contributed by atoms with Crippen LogP contribution in [0.1, 0.15) is 72.9 Å². The van der Waals surface area contributed by atoms with Crippen molar-refractivity contribution in [1.29, 1.82) is 0 Å². The first kappa shape index (κ1) is 46.6. The minimum absolute atomic E-state index is 0.139. The molecule has 0 amide bonds. The number of fused-ring (bicyclic) bond motifs is 1. The van der Waals surface area contributed by atoms with Crippen LogP contribution < -0.4 is 9.47 Å². The van der Waals surface area contributed by atoms with Gasteiger partial charge in [-0.15, -0.1) is 0 Å². The lowest BCUT2D eigenvalue weighted by molar-refractivity contribution is -0.137. The summed E-state index contributed by atoms with van der Waals surface area (Å²) in [6, 6.07) is 19.4. The lowest BCUT2D eigenvalue weighted by Gasteiger charge is -2.26. The number of sulfonamides is 1. The summed E-state index contributed by atoms with van der Waals surface area (Å²) >= 11 is 0. The zero-order chi connectivity index (χ0) is 42.2. The molecule has 3 aromatic carbocycles. The maximum atomic E-state index is 13.9. The monoisotopic (exact) mass is 841 g/mol. The van der Waals surface area contributed by atoms with Gasteiger partial charge in [0.25, 0.3) is 0 Å². The van der Waals surface area contributed by atoms with Crippen molar-refractivity contribution in [3.8, 4) is 22.6 Å². The third-order valence-electron chi connectivity index (χ3n) is 10.3. The normalized spacial score (nSPS) is 15.5. The van der Waals surface area contributed by atoms with Gasteiger partial charge in [-0.3, -0.25) is 4.79 Å². The Morgan fingerprint density at radius 3 is 1.98 bits per heavy atom. The predicted octanol–water partition coefficient (Wildman–Crippen LogP) is 9.39. The van der Waals surface area contributed by atoms with Gasteiger partial charge in [-0.1, -0.05) is 69.6 Å². The van der Waals surface area contributed by atoms with Gasteiger partial charge in [-0.05, 0) is 116 Å². The van der Waals surface area contributed by atoms with Crippen LogP contribution in [0, 0.1) is 13.8 Å². The molecule has 316 valence electrons. The summed E-state index contributed by atoms with van der Waals surface area (Å²) in [7, 11) is -6.73. The molecule has 1 unspecified atom stereocenters. The van der Waals surface area contributed by atoms with Crippen LogP contribution in [0.3, 0.4) is 0 Å². The van der Waals surface area contributed by atoms with Crippen LogP contribution >= 0.6 is 0 Å². The number of aliphatic hydroxyl groups is 1. The fourth-order valence-corrected chi connectivity index (χ4v) is 9.95. The molecule has 57 heavy (non-hydrogen) atoms. The van der Waals surface area contributed by atoms with Gasteiger partial charge in [0.05, 0.1) is 24.4 Å². The summed E-state index contributed by atoms with van der Waals surface area (Å²) in [6.07, 6.45) is 1.69. The largest absolute Gasteiger partial charge is 0.493 e. The van der Waals surface area contributed by atoms with Crippen molar-refractivity contribution in [3.05, 3.63) is 82.4 Å². The maximum absolute atomic E-state index is 13.9. The Hall–Kier alpha value is -3.05. The number of aryl methyl sites for hydroxylation is 2. The number of nitrogens with zero attached hydrogens (tertiary/aromatic N) is 1. The molecule has 0 spiro atoms. The topological polar surface area (TPSA) is 132 Å². The summed E-state index contributed by atoms with van der Waals surface area (Å²) in [4.78, 5) is 12.0. The van der Waals surface area contributed by atoms with Gasteiger partial charge in [0.1, 0.15) is 31.1 Å². The summed E-state index contributed by atoms with van der Waals surface area (Å²) in [5.41, 5.74) is 6.82. The Labute approximate surface area is 344 Å². The number of benzene rings is 3. The van der Waals surface area contributed by atoms with Crippen molar-refractivity contribution in [2.75, 3.05) is 39.0 Å². The number of carboxylic acid groups (broad SMARTS) is 1. The second-order valence-electron chi connectivity index (χ2n) is 18.7. The van der Waals surface area contributed by atoms with E-state index in [4.69, 9.17) is 18.9 Å². The zero-order valence-electron chi connectivity index (χ0n) is 35.9. The molecule has 0 radical (unpaired) electrons. The van der Waals surface area contributed by atoms with E-state index >= 15 is 0 Å². The van der Waals surface area contributed by atoms with Crippen molar-refractivity contribution in [2.24, 2.45) is 0 Å². The number of carbonyl (C=O) groups is 1. The SMILES string of the molecule is Cc1cc(OCCC(C)(C)O)cc(C)c1-c1cccc2c1CC[C@H]2Oc1ccc(C(CC(=O)O)CS(=O)(=O)N(COCC[Si](C)(C)C)COCC[Si](C)(C)C)cc1. The van der Waals surface area contributed by atoms with E-state index < -0.39 is 43.7 Å². The summed E-state index contributed by atoms with van der Waals surface area (Å²) < 4.78 is 53.3. The molecule has 0 heterocycles. The molecule has 1 aliphatic rings. The lowest BCUT2D eigenvalue weighted by Crippen LogP contribution is -2.39. The van der Waals surface area contributed by atoms with Gasteiger partial charge in [-0.25, -0.2) is 8.42 Å². The molecule has 1 aliphatic carbocycles. The summed E-state index contributed by atoms with van der Waals surface area (Å²) in [6.45, 7) is 22.3. The smallest absolute Gasteiger partial charge is 0.303 e. The molecular weight excluding hydrogens is 775 g/mol. The molecule has 13 heteroatoms. The Morgan fingerprint density at radius 1 is 0.877 bits per heavy atom. The highest BCUT2D eigenvalue weighted by atomic mass is 32.2. The quantitative estimate of drug-likeness (QED) is 0.0545. The van der Waals surface area contributed by atoms with Crippen molar-refractivity contribution in [1.82, 2.24) is 4.31 Å². The minimum Gasteiger partial charge on any atom is -0.493 e. The van der Waals surface area contributed by atoms with Crippen LogP contribution in [0.5, 0.6) is 11.5 Å². The van der Waals surface area contributed by atoms with E-state index in [1.165, 1.54) is 21.0 Å². The molecule has 10 nitrogen and oxygen atoms in total. The molecular formula is C44H67NO9SSi2. The Kier molecular flexibility index (Phi) is 16.2. The van der Waals surface area contributed by atoms with Gasteiger partial charge < -0.3 is 29.2 Å². The number of aliphatic carboxylic acids is 1. The highest BCUT2D eigenvalue weighted by Gasteiger charge is 2.31. The Balaban J connectivity index is 1.48. The van der Waals surface area contributed by atoms with Crippen molar-refractivity contribution in [3.63, 3.8) is 0 Å². The van der Waals surface area contributed by atoms with Crippen molar-refractivity contribution >= 4 is 32.1 Å². The van der Waals surface area contributed by atoms with Crippen LogP contribution in [0.25, 0.3) is 11.1 Å². The zero-order valence-corrected chi connectivity index (χ0v) is 38.8. The average molecular weight is 842 g/mol. The first-order chi connectivity index (χ1) is 26.5. The predicted molar refractivity (Wildman–Crippen MR) is 234 cm³/mol. The number of hydrogen-bond donors (Lipinski definition) is 2. The third kappa shape index (κ3) is 14.9. The molecule has 2 N–H and O–H groups in total. The average Bonchev–Trinajstić information content (AvgIpc) is 3.48. The Morgan fingerprint density at radius 2 is 1.46 bits per heavy atom. The van der Waals surface area contributed by atoms with E-state index in [0.29, 0.717) is 37.6 Å². The standard InChI is InChI=1S/C44H67NO9SSi2/c1-32-26-37(53-21-20-44(3,4)48)27-33(2)43(32)40-13-11-12-39-38(40)18-19-41(39)54-36-16-14-34(15-17-36)35(28-42(46)47)29-55(49,50)45(30-51-22-24-56(5,6)7)31-52-23-25-57(8,9)10/h11-17,26-27,35,41,48H,18-25,28-31H2,1-10H3,(H,46,47)/t35?,41-/m1/s1. The molecule has 4 rings (SSSR count). The molecule has 3 aromatic rings. The van der Waals surface area contributed by atoms with Gasteiger partial charge in [0.2, 0.25) is 10.0 Å². The van der Waals surface area contributed by atoms with E-state index in [-0.39, 0.29) is 31.7 Å². The van der Waals surface area contributed by atoms with E-state index in [9.17, 15) is 23.4 Å². The van der Waals surface area contributed by atoms with Gasteiger partial charge in [-0.2, -0.15) is 4.31 Å². The van der Waals surface area contributed by atoms with Crippen LogP contribution in [-0.4, -0.2) is 89.7 Å². The molecule has 0 aromatic heterocycles.